The zero-order valence-corrected chi connectivity index (χ0v) is 7.98. The predicted octanol–water partition coefficient (Wildman–Crippen LogP) is 2.67. The third-order valence-electron chi connectivity index (χ3n) is 1.48. The second-order valence-electron chi connectivity index (χ2n) is 2.52. The number of halogens is 4. The van der Waals surface area contributed by atoms with E-state index < -0.39 is 23.9 Å². The van der Waals surface area contributed by atoms with Crippen molar-refractivity contribution in [1.82, 2.24) is 0 Å². The van der Waals surface area contributed by atoms with Crippen LogP contribution in [-0.2, 0) is 5.92 Å². The first-order valence-corrected chi connectivity index (χ1v) is 4.20. The fourth-order valence-electron chi connectivity index (χ4n) is 0.856. The molecule has 0 unspecified atom stereocenters. The summed E-state index contributed by atoms with van der Waals surface area (Å²) in [5.74, 6) is -4.16. The summed E-state index contributed by atoms with van der Waals surface area (Å²) in [6, 6.07) is 2.83. The van der Waals surface area contributed by atoms with Crippen LogP contribution in [0.15, 0.2) is 22.7 Å². The van der Waals surface area contributed by atoms with Crippen LogP contribution in [0.1, 0.15) is 5.56 Å². The Morgan fingerprint density at radius 1 is 1.31 bits per heavy atom. The van der Waals surface area contributed by atoms with Crippen LogP contribution in [0.2, 0.25) is 0 Å². The summed E-state index contributed by atoms with van der Waals surface area (Å²) in [5.41, 5.74) is -0.540. The van der Waals surface area contributed by atoms with Gasteiger partial charge in [-0.05, 0) is 18.2 Å². The lowest BCUT2D eigenvalue weighted by atomic mass is 10.1. The lowest BCUT2D eigenvalue weighted by Gasteiger charge is -2.13. The predicted molar refractivity (Wildman–Crippen MR) is 45.1 cm³/mol. The standard InChI is InChI=1S/C8H6BrF3O/c9-6-1-5(2-7(10)3-6)8(11,12)4-13/h1-3,13H,4H2. The first kappa shape index (κ1) is 10.5. The molecule has 1 rings (SSSR count). The molecule has 0 fully saturated rings. The molecule has 1 nitrogen and oxygen atoms in total. The summed E-state index contributed by atoms with van der Waals surface area (Å²) in [5, 5.41) is 8.34. The molecule has 0 radical (unpaired) electrons. The highest BCUT2D eigenvalue weighted by molar-refractivity contribution is 9.10. The summed E-state index contributed by atoms with van der Waals surface area (Å²) in [6.07, 6.45) is 0. The van der Waals surface area contributed by atoms with Gasteiger partial charge >= 0.3 is 0 Å². The number of rotatable bonds is 2. The fourth-order valence-corrected chi connectivity index (χ4v) is 1.32. The maximum atomic E-state index is 12.8. The van der Waals surface area contributed by atoms with Crippen molar-refractivity contribution in [3.05, 3.63) is 34.1 Å². The molecule has 0 aliphatic rings. The molecule has 72 valence electrons. The van der Waals surface area contributed by atoms with Crippen LogP contribution in [0.3, 0.4) is 0 Å². The van der Waals surface area contributed by atoms with Crippen LogP contribution in [0.25, 0.3) is 0 Å². The van der Waals surface area contributed by atoms with Crippen LogP contribution in [0.4, 0.5) is 13.2 Å². The molecule has 0 saturated heterocycles. The number of hydrogen-bond donors (Lipinski definition) is 1. The van der Waals surface area contributed by atoms with Gasteiger partial charge < -0.3 is 5.11 Å². The maximum Gasteiger partial charge on any atom is 0.295 e. The van der Waals surface area contributed by atoms with E-state index in [1.807, 2.05) is 0 Å². The van der Waals surface area contributed by atoms with Gasteiger partial charge in [0, 0.05) is 10.0 Å². The van der Waals surface area contributed by atoms with Crippen LogP contribution in [-0.4, -0.2) is 11.7 Å². The molecule has 0 bridgehead atoms. The molecule has 0 aliphatic carbocycles. The molecule has 13 heavy (non-hydrogen) atoms. The van der Waals surface area contributed by atoms with E-state index in [0.717, 1.165) is 12.1 Å². The van der Waals surface area contributed by atoms with Gasteiger partial charge in [0.05, 0.1) is 0 Å². The number of benzene rings is 1. The lowest BCUT2D eigenvalue weighted by Crippen LogP contribution is -2.18. The smallest absolute Gasteiger partial charge is 0.295 e. The van der Waals surface area contributed by atoms with Gasteiger partial charge in [-0.15, -0.1) is 0 Å². The van der Waals surface area contributed by atoms with E-state index in [0.29, 0.717) is 6.07 Å². The Labute approximate surface area is 81.3 Å². The van der Waals surface area contributed by atoms with Crippen molar-refractivity contribution in [3.8, 4) is 0 Å². The fraction of sp³-hybridized carbons (Fsp3) is 0.250. The van der Waals surface area contributed by atoms with E-state index >= 15 is 0 Å². The summed E-state index contributed by atoms with van der Waals surface area (Å²) in [7, 11) is 0. The highest BCUT2D eigenvalue weighted by Crippen LogP contribution is 2.29. The van der Waals surface area contributed by atoms with Crippen LogP contribution in [0.5, 0.6) is 0 Å². The van der Waals surface area contributed by atoms with Crippen LogP contribution in [0, 0.1) is 5.82 Å². The van der Waals surface area contributed by atoms with Crippen molar-refractivity contribution < 1.29 is 18.3 Å². The van der Waals surface area contributed by atoms with Crippen molar-refractivity contribution in [1.29, 1.82) is 0 Å². The summed E-state index contributed by atoms with van der Waals surface area (Å²) < 4.78 is 38.5. The minimum Gasteiger partial charge on any atom is -0.390 e. The Morgan fingerprint density at radius 2 is 1.92 bits per heavy atom. The largest absolute Gasteiger partial charge is 0.390 e. The number of alkyl halides is 2. The molecule has 0 aliphatic heterocycles. The van der Waals surface area contributed by atoms with Crippen LogP contribution >= 0.6 is 15.9 Å². The van der Waals surface area contributed by atoms with E-state index in [9.17, 15) is 13.2 Å². The third kappa shape index (κ3) is 2.45. The van der Waals surface area contributed by atoms with Crippen LogP contribution < -0.4 is 0 Å². The molecular weight excluding hydrogens is 249 g/mol. The Balaban J connectivity index is 3.15. The average Bonchev–Trinajstić information content (AvgIpc) is 2.02. The van der Waals surface area contributed by atoms with Crippen molar-refractivity contribution in [3.63, 3.8) is 0 Å². The van der Waals surface area contributed by atoms with Gasteiger partial charge in [0.2, 0.25) is 0 Å². The Bertz CT molecular complexity index is 294. The van der Waals surface area contributed by atoms with Crippen molar-refractivity contribution >= 4 is 15.9 Å². The van der Waals surface area contributed by atoms with E-state index in [4.69, 9.17) is 5.11 Å². The normalized spacial score (nSPS) is 11.8. The Kier molecular flexibility index (Phi) is 2.98. The topological polar surface area (TPSA) is 20.2 Å². The summed E-state index contributed by atoms with van der Waals surface area (Å²) in [6.45, 7) is -1.33. The van der Waals surface area contributed by atoms with E-state index in [1.165, 1.54) is 0 Å². The van der Waals surface area contributed by atoms with Gasteiger partial charge in [0.25, 0.3) is 5.92 Å². The zero-order chi connectivity index (χ0) is 10.1. The molecule has 0 atom stereocenters. The molecule has 1 aromatic carbocycles. The molecule has 0 aromatic heterocycles. The summed E-state index contributed by atoms with van der Waals surface area (Å²) in [4.78, 5) is 0. The van der Waals surface area contributed by atoms with Gasteiger partial charge in [0.15, 0.2) is 0 Å². The number of aliphatic hydroxyl groups excluding tert-OH is 1. The highest BCUT2D eigenvalue weighted by atomic mass is 79.9. The molecule has 0 saturated carbocycles. The first-order chi connectivity index (χ1) is 5.95. The monoisotopic (exact) mass is 254 g/mol. The average molecular weight is 255 g/mol. The molecular formula is C8H6BrF3O. The second kappa shape index (κ2) is 3.67. The zero-order valence-electron chi connectivity index (χ0n) is 6.40. The Hall–Kier alpha value is -0.550. The minimum absolute atomic E-state index is 0.218. The first-order valence-electron chi connectivity index (χ1n) is 3.41. The summed E-state index contributed by atoms with van der Waals surface area (Å²) >= 11 is 2.88. The molecule has 1 aromatic rings. The van der Waals surface area contributed by atoms with Gasteiger partial charge in [-0.25, -0.2) is 4.39 Å². The molecule has 0 heterocycles. The molecule has 5 heteroatoms. The van der Waals surface area contributed by atoms with Gasteiger partial charge in [-0.3, -0.25) is 0 Å². The second-order valence-corrected chi connectivity index (χ2v) is 3.44. The van der Waals surface area contributed by atoms with Gasteiger partial charge in [0.1, 0.15) is 12.4 Å². The molecule has 0 amide bonds. The lowest BCUT2D eigenvalue weighted by molar-refractivity contribution is -0.0558. The van der Waals surface area contributed by atoms with E-state index in [1.54, 1.807) is 0 Å². The van der Waals surface area contributed by atoms with Gasteiger partial charge in [-0.1, -0.05) is 15.9 Å². The SMILES string of the molecule is OCC(F)(F)c1cc(F)cc(Br)c1. The third-order valence-corrected chi connectivity index (χ3v) is 1.94. The van der Waals surface area contributed by atoms with Crippen molar-refractivity contribution in [2.24, 2.45) is 0 Å². The molecule has 0 spiro atoms. The van der Waals surface area contributed by atoms with Crippen molar-refractivity contribution in [2.75, 3.05) is 6.61 Å². The molecule has 1 N–H and O–H groups in total. The number of hydrogen-bond acceptors (Lipinski definition) is 1. The van der Waals surface area contributed by atoms with E-state index in [-0.39, 0.29) is 4.47 Å². The maximum absolute atomic E-state index is 12.8. The minimum atomic E-state index is -3.40. The highest BCUT2D eigenvalue weighted by Gasteiger charge is 2.31. The quantitative estimate of drug-likeness (QED) is 0.861. The van der Waals surface area contributed by atoms with E-state index in [2.05, 4.69) is 15.9 Å². The van der Waals surface area contributed by atoms with Gasteiger partial charge in [-0.2, -0.15) is 8.78 Å². The number of aliphatic hydroxyl groups is 1. The Morgan fingerprint density at radius 3 is 2.38 bits per heavy atom. The van der Waals surface area contributed by atoms with Crippen molar-refractivity contribution in [2.45, 2.75) is 5.92 Å².